The van der Waals surface area contributed by atoms with Gasteiger partial charge >= 0.3 is 0 Å². The Kier molecular flexibility index (Phi) is 4.59. The second-order valence-corrected chi connectivity index (χ2v) is 7.29. The van der Waals surface area contributed by atoms with Gasteiger partial charge in [0.25, 0.3) is 5.91 Å². The van der Waals surface area contributed by atoms with Gasteiger partial charge in [-0.2, -0.15) is 0 Å². The van der Waals surface area contributed by atoms with Gasteiger partial charge in [-0.1, -0.05) is 30.3 Å². The summed E-state index contributed by atoms with van der Waals surface area (Å²) in [4.78, 5) is 19.8. The van der Waals surface area contributed by atoms with E-state index in [0.717, 1.165) is 42.4 Å². The number of carbonyl (C=O) groups is 1. The van der Waals surface area contributed by atoms with Gasteiger partial charge in [-0.05, 0) is 42.5 Å². The molecule has 4 aromatic rings. The minimum atomic E-state index is -0.190. The average Bonchev–Trinajstić information content (AvgIpc) is 3.17. The second kappa shape index (κ2) is 7.55. The van der Waals surface area contributed by atoms with Crippen molar-refractivity contribution in [1.82, 2.24) is 9.55 Å². The van der Waals surface area contributed by atoms with Gasteiger partial charge in [-0.15, -0.1) is 0 Å². The van der Waals surface area contributed by atoms with Crippen LogP contribution in [0.1, 0.15) is 16.2 Å². The first-order chi connectivity index (χ1) is 14.7. The lowest BCUT2D eigenvalue weighted by Gasteiger charge is -2.30. The Balaban J connectivity index is 1.37. The molecule has 1 N–H and O–H groups in total. The summed E-state index contributed by atoms with van der Waals surface area (Å²) in [5, 5.41) is 2.99. The summed E-state index contributed by atoms with van der Waals surface area (Å²) in [6, 6.07) is 23.4. The molecule has 6 heteroatoms. The van der Waals surface area contributed by atoms with Crippen molar-refractivity contribution in [2.24, 2.45) is 0 Å². The molecule has 0 fully saturated rings. The van der Waals surface area contributed by atoms with E-state index in [2.05, 4.69) is 39.0 Å². The quantitative estimate of drug-likeness (QED) is 0.556. The van der Waals surface area contributed by atoms with Crippen molar-refractivity contribution >= 4 is 28.3 Å². The van der Waals surface area contributed by atoms with Gasteiger partial charge in [0.15, 0.2) is 0 Å². The molecule has 0 bridgehead atoms. The zero-order valence-corrected chi connectivity index (χ0v) is 16.7. The second-order valence-electron chi connectivity index (χ2n) is 7.29. The van der Waals surface area contributed by atoms with Crippen molar-refractivity contribution < 1.29 is 9.53 Å². The van der Waals surface area contributed by atoms with Crippen LogP contribution in [-0.4, -0.2) is 29.1 Å². The Labute approximate surface area is 174 Å². The number of methoxy groups -OCH3 is 1. The molecule has 6 nitrogen and oxygen atoms in total. The normalized spacial score (nSPS) is 13.2. The molecule has 0 saturated carbocycles. The van der Waals surface area contributed by atoms with E-state index in [1.807, 2.05) is 36.4 Å². The first-order valence-electron chi connectivity index (χ1n) is 9.96. The lowest BCUT2D eigenvalue weighted by molar-refractivity contribution is 0.102. The number of fused-ring (bicyclic) bond motifs is 3. The summed E-state index contributed by atoms with van der Waals surface area (Å²) in [5.74, 6) is 1.43. The molecule has 1 aliphatic rings. The number of nitrogens with one attached hydrogen (secondary N) is 1. The van der Waals surface area contributed by atoms with Crippen molar-refractivity contribution in [3.63, 3.8) is 0 Å². The van der Waals surface area contributed by atoms with Gasteiger partial charge in [0, 0.05) is 24.5 Å². The lowest BCUT2D eigenvalue weighted by Crippen LogP contribution is -2.33. The maximum atomic E-state index is 12.7. The van der Waals surface area contributed by atoms with Gasteiger partial charge in [0.05, 0.1) is 30.3 Å². The number of imidazole rings is 1. The third-order valence-electron chi connectivity index (χ3n) is 5.48. The molecule has 0 saturated heterocycles. The predicted octanol–water partition coefficient (Wildman–Crippen LogP) is 4.32. The molecular weight excluding hydrogens is 376 g/mol. The number of nitrogens with zero attached hydrogens (tertiary/aromatic N) is 3. The fourth-order valence-electron chi connectivity index (χ4n) is 4.00. The molecule has 0 atom stereocenters. The summed E-state index contributed by atoms with van der Waals surface area (Å²) in [7, 11) is 1.57. The fraction of sp³-hybridized carbons (Fsp3) is 0.167. The van der Waals surface area contributed by atoms with Crippen molar-refractivity contribution in [3.8, 4) is 5.75 Å². The molecule has 0 unspecified atom stereocenters. The van der Waals surface area contributed by atoms with E-state index >= 15 is 0 Å². The van der Waals surface area contributed by atoms with Crippen molar-refractivity contribution in [2.45, 2.75) is 13.1 Å². The molecule has 0 radical (unpaired) electrons. The molecule has 3 aromatic carbocycles. The van der Waals surface area contributed by atoms with Crippen LogP contribution in [0.4, 0.5) is 11.4 Å². The number of ether oxygens (including phenoxy) is 1. The van der Waals surface area contributed by atoms with E-state index in [1.54, 1.807) is 19.2 Å². The monoisotopic (exact) mass is 398 g/mol. The third kappa shape index (κ3) is 3.26. The Hall–Kier alpha value is -3.80. The Morgan fingerprint density at radius 3 is 2.73 bits per heavy atom. The molecule has 0 aliphatic carbocycles. The maximum absolute atomic E-state index is 12.7. The number of para-hydroxylation sites is 3. The summed E-state index contributed by atoms with van der Waals surface area (Å²) in [6.45, 7) is 2.50. The van der Waals surface area contributed by atoms with Crippen LogP contribution in [0.25, 0.3) is 11.0 Å². The van der Waals surface area contributed by atoms with Crippen LogP contribution in [0.3, 0.4) is 0 Å². The van der Waals surface area contributed by atoms with Crippen LogP contribution < -0.4 is 15.0 Å². The number of benzene rings is 3. The largest absolute Gasteiger partial charge is 0.496 e. The first-order valence-corrected chi connectivity index (χ1v) is 9.96. The molecule has 1 amide bonds. The molecule has 2 heterocycles. The first kappa shape index (κ1) is 18.2. The molecule has 150 valence electrons. The number of hydrogen-bond donors (Lipinski definition) is 1. The molecule has 1 aliphatic heterocycles. The summed E-state index contributed by atoms with van der Waals surface area (Å²) in [5.41, 5.74) is 4.54. The van der Waals surface area contributed by atoms with E-state index in [9.17, 15) is 4.79 Å². The summed E-state index contributed by atoms with van der Waals surface area (Å²) >= 11 is 0. The van der Waals surface area contributed by atoms with E-state index in [4.69, 9.17) is 9.72 Å². The van der Waals surface area contributed by atoms with Crippen LogP contribution in [0.5, 0.6) is 5.75 Å². The topological polar surface area (TPSA) is 59.4 Å². The minimum Gasteiger partial charge on any atom is -0.496 e. The summed E-state index contributed by atoms with van der Waals surface area (Å²) < 4.78 is 7.59. The van der Waals surface area contributed by atoms with Crippen LogP contribution >= 0.6 is 0 Å². The number of amides is 1. The van der Waals surface area contributed by atoms with E-state index in [-0.39, 0.29) is 5.91 Å². The van der Waals surface area contributed by atoms with Crippen LogP contribution in [0.2, 0.25) is 0 Å². The molecule has 30 heavy (non-hydrogen) atoms. The standard InChI is InChI=1S/C24H22N4O2/c1-30-22-12-5-2-9-19(22)24(29)25-17-7-6-8-18(15-17)27-13-14-28-21-11-4-3-10-20(21)26-23(28)16-27/h2-12,15H,13-14,16H2,1H3,(H,25,29). The van der Waals surface area contributed by atoms with Gasteiger partial charge < -0.3 is 19.5 Å². The highest BCUT2D eigenvalue weighted by Gasteiger charge is 2.20. The van der Waals surface area contributed by atoms with Crippen molar-refractivity contribution in [1.29, 1.82) is 0 Å². The fourth-order valence-corrected chi connectivity index (χ4v) is 4.00. The zero-order valence-electron chi connectivity index (χ0n) is 16.7. The highest BCUT2D eigenvalue weighted by molar-refractivity contribution is 6.06. The lowest BCUT2D eigenvalue weighted by atomic mass is 10.1. The van der Waals surface area contributed by atoms with Gasteiger partial charge in [-0.3, -0.25) is 4.79 Å². The number of anilines is 2. The minimum absolute atomic E-state index is 0.190. The number of rotatable bonds is 4. The SMILES string of the molecule is COc1ccccc1C(=O)Nc1cccc(N2CCn3c(nc4ccccc43)C2)c1. The number of carbonyl (C=O) groups excluding carboxylic acids is 1. The predicted molar refractivity (Wildman–Crippen MR) is 118 cm³/mol. The zero-order chi connectivity index (χ0) is 20.5. The highest BCUT2D eigenvalue weighted by atomic mass is 16.5. The van der Waals surface area contributed by atoms with E-state index < -0.39 is 0 Å². The molecule has 0 spiro atoms. The maximum Gasteiger partial charge on any atom is 0.259 e. The van der Waals surface area contributed by atoms with Gasteiger partial charge in [0.1, 0.15) is 11.6 Å². The van der Waals surface area contributed by atoms with E-state index in [1.165, 1.54) is 5.52 Å². The van der Waals surface area contributed by atoms with Crippen LogP contribution in [-0.2, 0) is 13.1 Å². The molecular formula is C24H22N4O2. The van der Waals surface area contributed by atoms with Crippen LogP contribution in [0, 0.1) is 0 Å². The smallest absolute Gasteiger partial charge is 0.259 e. The van der Waals surface area contributed by atoms with Crippen LogP contribution in [0.15, 0.2) is 72.8 Å². The summed E-state index contributed by atoms with van der Waals surface area (Å²) in [6.07, 6.45) is 0. The van der Waals surface area contributed by atoms with Gasteiger partial charge in [0.2, 0.25) is 0 Å². The number of hydrogen-bond acceptors (Lipinski definition) is 4. The van der Waals surface area contributed by atoms with E-state index in [0.29, 0.717) is 11.3 Å². The molecule has 5 rings (SSSR count). The Morgan fingerprint density at radius 1 is 1.00 bits per heavy atom. The average molecular weight is 398 g/mol. The van der Waals surface area contributed by atoms with Crippen molar-refractivity contribution in [2.75, 3.05) is 23.9 Å². The Bertz CT molecular complexity index is 1230. The Morgan fingerprint density at radius 2 is 1.83 bits per heavy atom. The third-order valence-corrected chi connectivity index (χ3v) is 5.48. The van der Waals surface area contributed by atoms with Crippen molar-refractivity contribution in [3.05, 3.63) is 84.2 Å². The molecule has 1 aromatic heterocycles. The highest BCUT2D eigenvalue weighted by Crippen LogP contribution is 2.27. The number of aromatic nitrogens is 2. The van der Waals surface area contributed by atoms with Gasteiger partial charge in [-0.25, -0.2) is 4.98 Å².